The fourth-order valence-electron chi connectivity index (χ4n) is 1.50. The number of hydrogen-bond donors (Lipinski definition) is 2. The molecular formula is C13H20N2S. The van der Waals surface area contributed by atoms with E-state index in [4.69, 9.17) is 12.2 Å². The van der Waals surface area contributed by atoms with Crippen LogP contribution in [0.25, 0.3) is 0 Å². The highest BCUT2D eigenvalue weighted by Crippen LogP contribution is 2.14. The molecule has 2 N–H and O–H groups in total. The lowest BCUT2D eigenvalue weighted by atomic mass is 10.1. The van der Waals surface area contributed by atoms with E-state index in [1.807, 2.05) is 6.07 Å². The number of unbranched alkanes of at least 4 members (excludes halogenated alkanes) is 1. The minimum Gasteiger partial charge on any atom is -0.362 e. The molecule has 0 saturated carbocycles. The predicted molar refractivity (Wildman–Crippen MR) is 75.0 cm³/mol. The van der Waals surface area contributed by atoms with Crippen molar-refractivity contribution in [1.82, 2.24) is 5.32 Å². The van der Waals surface area contributed by atoms with Crippen molar-refractivity contribution in [2.75, 3.05) is 11.9 Å². The summed E-state index contributed by atoms with van der Waals surface area (Å²) in [5.74, 6) is 0. The van der Waals surface area contributed by atoms with Crippen LogP contribution in [-0.4, -0.2) is 11.7 Å². The first-order chi connectivity index (χ1) is 7.77. The summed E-state index contributed by atoms with van der Waals surface area (Å²) < 4.78 is 0. The lowest BCUT2D eigenvalue weighted by molar-refractivity contribution is 0.758. The number of aryl methyl sites for hydroxylation is 1. The molecule has 0 atom stereocenters. The van der Waals surface area contributed by atoms with Crippen LogP contribution in [0.4, 0.5) is 5.69 Å². The van der Waals surface area contributed by atoms with E-state index in [-0.39, 0.29) is 0 Å². The third-order valence-corrected chi connectivity index (χ3v) is 2.71. The highest BCUT2D eigenvalue weighted by molar-refractivity contribution is 7.80. The molecule has 0 radical (unpaired) electrons. The van der Waals surface area contributed by atoms with Crippen LogP contribution in [0.3, 0.4) is 0 Å². The molecule has 1 aromatic carbocycles. The van der Waals surface area contributed by atoms with E-state index >= 15 is 0 Å². The highest BCUT2D eigenvalue weighted by Gasteiger charge is 2.01. The van der Waals surface area contributed by atoms with E-state index in [9.17, 15) is 0 Å². The molecule has 0 bridgehead atoms. The molecule has 0 amide bonds. The van der Waals surface area contributed by atoms with Gasteiger partial charge in [-0.2, -0.15) is 0 Å². The Bertz CT molecular complexity index is 336. The summed E-state index contributed by atoms with van der Waals surface area (Å²) in [6.07, 6.45) is 3.35. The zero-order chi connectivity index (χ0) is 11.8. The minimum atomic E-state index is 0.717. The predicted octanol–water partition coefficient (Wildman–Crippen LogP) is 3.34. The van der Waals surface area contributed by atoms with Gasteiger partial charge in [-0.15, -0.1) is 0 Å². The number of hydrogen-bond acceptors (Lipinski definition) is 1. The van der Waals surface area contributed by atoms with E-state index in [1.54, 1.807) is 0 Å². The average molecular weight is 236 g/mol. The molecule has 1 aromatic rings. The smallest absolute Gasteiger partial charge is 0.170 e. The molecule has 88 valence electrons. The Hall–Kier alpha value is -1.09. The molecule has 0 aromatic heterocycles. The molecule has 0 saturated heterocycles. The SMILES string of the molecule is CCCCNC(=S)Nc1ccccc1CC. The van der Waals surface area contributed by atoms with Crippen LogP contribution in [0.1, 0.15) is 32.3 Å². The average Bonchev–Trinajstić information content (AvgIpc) is 2.30. The monoisotopic (exact) mass is 236 g/mol. The Labute approximate surface area is 103 Å². The molecule has 0 aliphatic carbocycles. The first-order valence-corrected chi connectivity index (χ1v) is 6.31. The van der Waals surface area contributed by atoms with Gasteiger partial charge in [0, 0.05) is 12.2 Å². The summed E-state index contributed by atoms with van der Waals surface area (Å²) in [5, 5.41) is 7.16. The van der Waals surface area contributed by atoms with Crippen LogP contribution in [0.2, 0.25) is 0 Å². The topological polar surface area (TPSA) is 24.1 Å². The van der Waals surface area contributed by atoms with Gasteiger partial charge in [0.05, 0.1) is 0 Å². The summed E-state index contributed by atoms with van der Waals surface area (Å²) in [5.41, 5.74) is 2.40. The van der Waals surface area contributed by atoms with Gasteiger partial charge in [0.1, 0.15) is 0 Å². The van der Waals surface area contributed by atoms with Crippen molar-refractivity contribution in [2.45, 2.75) is 33.1 Å². The van der Waals surface area contributed by atoms with Crippen LogP contribution in [0, 0.1) is 0 Å². The number of nitrogens with one attached hydrogen (secondary N) is 2. The third-order valence-electron chi connectivity index (χ3n) is 2.46. The minimum absolute atomic E-state index is 0.717. The van der Waals surface area contributed by atoms with Crippen LogP contribution in [0.15, 0.2) is 24.3 Å². The van der Waals surface area contributed by atoms with Crippen molar-refractivity contribution < 1.29 is 0 Å². The lowest BCUT2D eigenvalue weighted by Gasteiger charge is -2.12. The molecule has 0 spiro atoms. The van der Waals surface area contributed by atoms with Gasteiger partial charge >= 0.3 is 0 Å². The van der Waals surface area contributed by atoms with Gasteiger partial charge in [-0.1, -0.05) is 38.5 Å². The zero-order valence-corrected chi connectivity index (χ0v) is 10.9. The Kier molecular flexibility index (Phi) is 5.86. The molecular weight excluding hydrogens is 216 g/mol. The largest absolute Gasteiger partial charge is 0.362 e. The van der Waals surface area contributed by atoms with E-state index in [2.05, 4.69) is 42.7 Å². The Morgan fingerprint density at radius 3 is 2.69 bits per heavy atom. The molecule has 0 fully saturated rings. The van der Waals surface area contributed by atoms with Gasteiger partial charge in [0.2, 0.25) is 0 Å². The number of thiocarbonyl (C=S) groups is 1. The second kappa shape index (κ2) is 7.23. The second-order valence-electron chi connectivity index (χ2n) is 3.75. The fraction of sp³-hybridized carbons (Fsp3) is 0.462. The molecule has 1 rings (SSSR count). The van der Waals surface area contributed by atoms with Gasteiger partial charge in [-0.3, -0.25) is 0 Å². The Balaban J connectivity index is 2.49. The summed E-state index contributed by atoms with van der Waals surface area (Å²) in [7, 11) is 0. The number of rotatable bonds is 5. The van der Waals surface area contributed by atoms with Gasteiger partial charge < -0.3 is 10.6 Å². The normalized spacial score (nSPS) is 9.88. The zero-order valence-electron chi connectivity index (χ0n) is 10.0. The van der Waals surface area contributed by atoms with Crippen LogP contribution < -0.4 is 10.6 Å². The van der Waals surface area contributed by atoms with E-state index < -0.39 is 0 Å². The maximum atomic E-state index is 5.23. The standard InChI is InChI=1S/C13H20N2S/c1-3-5-10-14-13(16)15-12-9-7-6-8-11(12)4-2/h6-9H,3-5,10H2,1-2H3,(H2,14,15,16). The number of benzene rings is 1. The van der Waals surface area contributed by atoms with Gasteiger partial charge in [0.25, 0.3) is 0 Å². The second-order valence-corrected chi connectivity index (χ2v) is 4.15. The first kappa shape index (κ1) is 13.0. The molecule has 2 nitrogen and oxygen atoms in total. The van der Waals surface area contributed by atoms with Crippen LogP contribution >= 0.6 is 12.2 Å². The summed E-state index contributed by atoms with van der Waals surface area (Å²) in [6, 6.07) is 8.26. The van der Waals surface area contributed by atoms with E-state index in [1.165, 1.54) is 12.0 Å². The van der Waals surface area contributed by atoms with Gasteiger partial charge in [0.15, 0.2) is 5.11 Å². The molecule has 0 unspecified atom stereocenters. The van der Waals surface area contributed by atoms with Crippen LogP contribution in [-0.2, 0) is 6.42 Å². The van der Waals surface area contributed by atoms with Gasteiger partial charge in [-0.25, -0.2) is 0 Å². The maximum Gasteiger partial charge on any atom is 0.170 e. The molecule has 16 heavy (non-hydrogen) atoms. The molecule has 3 heteroatoms. The van der Waals surface area contributed by atoms with Crippen LogP contribution in [0.5, 0.6) is 0 Å². The van der Waals surface area contributed by atoms with Crippen molar-refractivity contribution in [1.29, 1.82) is 0 Å². The Morgan fingerprint density at radius 2 is 2.00 bits per heavy atom. The van der Waals surface area contributed by atoms with Crippen molar-refractivity contribution in [2.24, 2.45) is 0 Å². The van der Waals surface area contributed by atoms with Crippen molar-refractivity contribution >= 4 is 23.0 Å². The fourth-order valence-corrected chi connectivity index (χ4v) is 1.71. The van der Waals surface area contributed by atoms with E-state index in [0.717, 1.165) is 25.1 Å². The molecule has 0 aliphatic heterocycles. The molecule has 0 aliphatic rings. The number of para-hydroxylation sites is 1. The van der Waals surface area contributed by atoms with E-state index in [0.29, 0.717) is 5.11 Å². The lowest BCUT2D eigenvalue weighted by Crippen LogP contribution is -2.29. The first-order valence-electron chi connectivity index (χ1n) is 5.90. The van der Waals surface area contributed by atoms with Crippen molar-refractivity contribution in [3.63, 3.8) is 0 Å². The summed E-state index contributed by atoms with van der Waals surface area (Å²) >= 11 is 5.23. The number of anilines is 1. The van der Waals surface area contributed by atoms with Gasteiger partial charge in [-0.05, 0) is 36.7 Å². The van der Waals surface area contributed by atoms with Crippen molar-refractivity contribution in [3.05, 3.63) is 29.8 Å². The Morgan fingerprint density at radius 1 is 1.25 bits per heavy atom. The molecule has 0 heterocycles. The summed E-state index contributed by atoms with van der Waals surface area (Å²) in [6.45, 7) is 5.26. The third kappa shape index (κ3) is 4.19. The maximum absolute atomic E-state index is 5.23. The highest BCUT2D eigenvalue weighted by atomic mass is 32.1. The summed E-state index contributed by atoms with van der Waals surface area (Å²) in [4.78, 5) is 0. The van der Waals surface area contributed by atoms with Crippen molar-refractivity contribution in [3.8, 4) is 0 Å². The quantitative estimate of drug-likeness (QED) is 0.605.